The maximum atomic E-state index is 12.1. The van der Waals surface area contributed by atoms with Crippen molar-refractivity contribution in [2.24, 2.45) is 0 Å². The molecule has 0 aliphatic heterocycles. The zero-order chi connectivity index (χ0) is 49.3. The van der Waals surface area contributed by atoms with Crippen LogP contribution in [0.1, 0.15) is 6.42 Å². The predicted octanol–water partition coefficient (Wildman–Crippen LogP) is 10.5. The number of nitrogens with zero attached hydrogens (tertiary/aromatic N) is 5. The lowest BCUT2D eigenvalue weighted by Gasteiger charge is -2.10. The molecule has 5 heterocycles. The van der Waals surface area contributed by atoms with Gasteiger partial charge in [0.05, 0.1) is 47.3 Å². The van der Waals surface area contributed by atoms with Crippen LogP contribution < -0.4 is 30.5 Å². The number of ether oxygens (including phenoxy) is 2. The molecule has 3 N–H and O–H groups in total. The average Bonchev–Trinajstić information content (AvgIpc) is 3.19. The Morgan fingerprint density at radius 1 is 0.636 bits per heavy atom. The molecule has 7 aromatic rings. The quantitative estimate of drug-likeness (QED) is 0.0520. The molecule has 0 spiro atoms. The zero-order valence-electron chi connectivity index (χ0n) is 31.7. The first-order valence-corrected chi connectivity index (χ1v) is 21.7. The van der Waals surface area contributed by atoms with E-state index in [1.807, 2.05) is 0 Å². The van der Waals surface area contributed by atoms with E-state index in [-0.39, 0.29) is 63.7 Å². The van der Waals surface area contributed by atoms with E-state index in [0.29, 0.717) is 27.6 Å². The van der Waals surface area contributed by atoms with Gasteiger partial charge in [0.2, 0.25) is 11.8 Å². The van der Waals surface area contributed by atoms with Crippen LogP contribution in [-0.2, 0) is 19.7 Å². The third kappa shape index (κ3) is 15.5. The Morgan fingerprint density at radius 3 is 1.47 bits per heavy atom. The molecule has 66 heavy (non-hydrogen) atoms. The number of alkyl halides is 3. The highest BCUT2D eigenvalue weighted by Crippen LogP contribution is 2.37. The summed E-state index contributed by atoms with van der Waals surface area (Å²) in [6, 6.07) is 15.9. The molecule has 5 aromatic heterocycles. The minimum atomic E-state index is -5.88. The number of nitrogen functional groups attached to an aromatic ring is 1. The molecule has 348 valence electrons. The fourth-order valence-corrected chi connectivity index (χ4v) is 7.01. The van der Waals surface area contributed by atoms with E-state index < -0.39 is 45.4 Å². The molecule has 0 fully saturated rings. The van der Waals surface area contributed by atoms with Crippen molar-refractivity contribution in [3.05, 3.63) is 157 Å². The maximum Gasteiger partial charge on any atom is 0.534 e. The number of esters is 2. The van der Waals surface area contributed by atoms with E-state index in [9.17, 15) is 40.8 Å². The second kappa shape index (κ2) is 23.1. The normalized spacial score (nSPS) is 11.0. The smallest absolute Gasteiger partial charge is 0.493 e. The molecule has 29 heteroatoms. The summed E-state index contributed by atoms with van der Waals surface area (Å²) in [4.78, 5) is 57.5. The fraction of sp³-hybridized carbons (Fsp3) is 0.0541. The zero-order valence-corrected chi connectivity index (χ0v) is 39.4. The number of rotatable bonds is 6. The fourth-order valence-electron chi connectivity index (χ4n) is 4.38. The second-order valence-electron chi connectivity index (χ2n) is 11.9. The van der Waals surface area contributed by atoms with Gasteiger partial charge in [0.15, 0.2) is 11.5 Å². The van der Waals surface area contributed by atoms with E-state index in [0.717, 1.165) is 10.5 Å². The van der Waals surface area contributed by atoms with Gasteiger partial charge in [-0.2, -0.15) is 31.6 Å². The van der Waals surface area contributed by atoms with Gasteiger partial charge in [0, 0.05) is 28.6 Å². The number of carbonyl (C=O) groups excluding carboxylic acids is 2. The van der Waals surface area contributed by atoms with Gasteiger partial charge in [0.25, 0.3) is 11.1 Å². The van der Waals surface area contributed by atoms with Crippen LogP contribution in [0.5, 0.6) is 23.3 Å². The summed E-state index contributed by atoms with van der Waals surface area (Å²) < 4.78 is 74.0. The summed E-state index contributed by atoms with van der Waals surface area (Å²) in [5.41, 5.74) is -1.30. The molecule has 16 nitrogen and oxygen atoms in total. The molecule has 0 saturated carbocycles. The van der Waals surface area contributed by atoms with E-state index in [4.69, 9.17) is 125 Å². The summed E-state index contributed by atoms with van der Waals surface area (Å²) in [7, 11) is -5.88. The van der Waals surface area contributed by atoms with Gasteiger partial charge in [-0.3, -0.25) is 28.0 Å². The van der Waals surface area contributed by atoms with E-state index >= 15 is 0 Å². The third-order valence-electron chi connectivity index (χ3n) is 7.09. The Kier molecular flexibility index (Phi) is 18.8. The topological polar surface area (TPSA) is 224 Å². The largest absolute Gasteiger partial charge is 0.534 e. The number of fused-ring (bicyclic) bond motifs is 2. The molecule has 0 atom stereocenters. The Bertz CT molecular complexity index is 3050. The molecular formula is C37H20Cl9F3N6O10S. The van der Waals surface area contributed by atoms with Crippen LogP contribution in [0.4, 0.5) is 19.0 Å². The highest BCUT2D eigenvalue weighted by molar-refractivity contribution is 7.88. The number of carbonyl (C=O) groups is 2. The molecular weight excluding hydrogens is 1100 g/mol. The first-order chi connectivity index (χ1) is 30.7. The summed E-state index contributed by atoms with van der Waals surface area (Å²) in [5, 5.41) is 10.9. The minimum Gasteiger partial charge on any atom is -0.493 e. The van der Waals surface area contributed by atoms with E-state index in [2.05, 4.69) is 19.1 Å². The number of aromatic hydroxyl groups is 1. The van der Waals surface area contributed by atoms with Crippen LogP contribution in [0.15, 0.2) is 101 Å². The van der Waals surface area contributed by atoms with Crippen LogP contribution in [0.25, 0.3) is 11.3 Å². The summed E-state index contributed by atoms with van der Waals surface area (Å²) in [5.74, 6) is -2.90. The first kappa shape index (κ1) is 53.6. The summed E-state index contributed by atoms with van der Waals surface area (Å²) >= 11 is 51.9. The van der Waals surface area contributed by atoms with Gasteiger partial charge < -0.3 is 24.5 Å². The molecule has 0 radical (unpaired) electrons. The molecule has 0 aliphatic carbocycles. The molecule has 0 amide bonds. The summed E-state index contributed by atoms with van der Waals surface area (Å²) in [6.45, 7) is 0. The number of hydrogen-bond acceptors (Lipinski definition) is 14. The lowest BCUT2D eigenvalue weighted by Crippen LogP contribution is -2.29. The van der Waals surface area contributed by atoms with E-state index in [1.165, 1.54) is 59.4 Å². The van der Waals surface area contributed by atoms with Gasteiger partial charge in [-0.05, 0) is 60.7 Å². The lowest BCUT2D eigenvalue weighted by atomic mass is 10.3. The van der Waals surface area contributed by atoms with Crippen molar-refractivity contribution < 1.29 is 49.9 Å². The number of pyridine rings is 3. The number of benzene rings is 2. The van der Waals surface area contributed by atoms with Crippen LogP contribution in [0, 0.1) is 0 Å². The number of aromatic nitrogens is 5. The number of hydrogen-bond donors (Lipinski definition) is 2. The van der Waals surface area contributed by atoms with Gasteiger partial charge >= 0.3 is 27.6 Å². The van der Waals surface area contributed by atoms with Gasteiger partial charge in [-0.1, -0.05) is 104 Å². The van der Waals surface area contributed by atoms with Gasteiger partial charge in [-0.15, -0.1) is 0 Å². The monoisotopic (exact) mass is 1110 g/mol. The molecule has 2 aromatic carbocycles. The van der Waals surface area contributed by atoms with Crippen molar-refractivity contribution in [2.75, 3.05) is 5.73 Å². The molecule has 0 aliphatic rings. The van der Waals surface area contributed by atoms with Gasteiger partial charge in [0.1, 0.15) is 23.5 Å². The third-order valence-corrected chi connectivity index (χ3v) is 10.3. The first-order valence-electron chi connectivity index (χ1n) is 16.9. The van der Waals surface area contributed by atoms with Gasteiger partial charge in [-0.25, -0.2) is 4.98 Å². The van der Waals surface area contributed by atoms with Crippen LogP contribution in [-0.4, -0.2) is 54.7 Å². The molecule has 7 rings (SSSR count). The highest BCUT2D eigenvalue weighted by Gasteiger charge is 2.49. The lowest BCUT2D eigenvalue weighted by molar-refractivity contribution is -0.144. The van der Waals surface area contributed by atoms with Crippen molar-refractivity contribution >= 4 is 144 Å². The summed E-state index contributed by atoms with van der Waals surface area (Å²) in [6.07, 6.45) is 3.40. The maximum absolute atomic E-state index is 12.1. The Balaban J connectivity index is 0.000000206. The molecule has 0 saturated heterocycles. The van der Waals surface area contributed by atoms with Crippen LogP contribution in [0.3, 0.4) is 0 Å². The second-order valence-corrected chi connectivity index (χ2v) is 17.3. The number of halogens is 12. The van der Waals surface area contributed by atoms with Crippen molar-refractivity contribution in [3.63, 3.8) is 0 Å². The molecule has 0 bridgehead atoms. The van der Waals surface area contributed by atoms with Crippen molar-refractivity contribution in [3.8, 4) is 23.3 Å². The predicted molar refractivity (Wildman–Crippen MR) is 243 cm³/mol. The Labute approximate surface area is 412 Å². The Hall–Kier alpha value is -5.00. The standard InChI is InChI=1S/C15H6Cl6O4.C9H4ClF3N2O4S.C8H5ClN2O2.C5H5ClN2/c16-6-1-8(18)14(9(19)2-6)24-12(22)5-13(23)25-15-10(20)3-7(17)4-11(15)21;10-5-1-2-6-14-7(3-8(16)15(6)4-5)19-20(17,18)9(11,12)13;9-5-1-2-6-10-7(12)3-8(13)11(6)4-5;6-4-1-2-5(7)8-3-4/h1-4H,5H2;1-4H;1-4,12H;1-3H,(H2,7,8). The Morgan fingerprint density at radius 2 is 1.06 bits per heavy atom. The van der Waals surface area contributed by atoms with E-state index in [1.54, 1.807) is 24.3 Å². The molecule has 0 unspecified atom stereocenters. The van der Waals surface area contributed by atoms with Crippen LogP contribution in [0.2, 0.25) is 45.2 Å². The van der Waals surface area contributed by atoms with Crippen molar-refractivity contribution in [2.45, 2.75) is 11.9 Å². The van der Waals surface area contributed by atoms with Crippen molar-refractivity contribution in [1.82, 2.24) is 23.8 Å². The SMILES string of the molecule is Nc1ccc(Cl)cn1.O=C(CC(=O)Oc1c(Cl)cc(Cl)cc1Cl)Oc1c(Cl)cc(Cl)cc1Cl.O=c1cc(O)nc2ccc(Cl)cn12.O=c1cc(OS(=O)(=O)C(F)(F)F)nc2ccc(Cl)cn12. The number of nitrogens with two attached hydrogens (primary N) is 1. The average molecular weight is 1120 g/mol. The van der Waals surface area contributed by atoms with Crippen LogP contribution >= 0.6 is 104 Å². The van der Waals surface area contributed by atoms with Crippen molar-refractivity contribution in [1.29, 1.82) is 0 Å². The number of anilines is 1. The highest BCUT2D eigenvalue weighted by atomic mass is 35.5. The minimum absolute atomic E-state index is 0.0167.